The maximum Gasteiger partial charge on any atom is 0.402 e. The van der Waals surface area contributed by atoms with Gasteiger partial charge in [0, 0.05) is 18.3 Å². The van der Waals surface area contributed by atoms with E-state index in [1.54, 1.807) is 29.0 Å². The molecular weight excluding hydrogens is 307 g/mol. The molecule has 0 saturated heterocycles. The van der Waals surface area contributed by atoms with E-state index in [2.05, 4.69) is 0 Å². The normalized spacial score (nSPS) is 16.4. The van der Waals surface area contributed by atoms with Crippen molar-refractivity contribution in [1.82, 2.24) is 9.03 Å². The minimum Gasteiger partial charge on any atom is -0.398 e. The summed E-state index contributed by atoms with van der Waals surface area (Å²) >= 11 is 0. The van der Waals surface area contributed by atoms with Crippen LogP contribution in [0.3, 0.4) is 0 Å². The maximum atomic E-state index is 12.2. The minimum absolute atomic E-state index is 0.0372. The molecule has 1 saturated carbocycles. The Morgan fingerprint density at radius 2 is 1.90 bits per heavy atom. The van der Waals surface area contributed by atoms with Crippen molar-refractivity contribution in [2.24, 2.45) is 0 Å². The molecule has 0 aromatic heterocycles. The fourth-order valence-corrected chi connectivity index (χ4v) is 3.30. The largest absolute Gasteiger partial charge is 0.402 e. The van der Waals surface area contributed by atoms with Gasteiger partial charge in [0.05, 0.1) is 0 Å². The van der Waals surface area contributed by atoms with Crippen LogP contribution >= 0.6 is 0 Å². The van der Waals surface area contributed by atoms with E-state index in [1.807, 2.05) is 0 Å². The first-order valence-electron chi connectivity index (χ1n) is 6.35. The smallest absolute Gasteiger partial charge is 0.398 e. The van der Waals surface area contributed by atoms with Gasteiger partial charge in [-0.1, -0.05) is 18.2 Å². The molecule has 2 rings (SSSR count). The molecule has 0 bridgehead atoms. The third-order valence-corrected chi connectivity index (χ3v) is 4.65. The molecule has 118 valence electrons. The number of nitrogen functional groups attached to an aromatic ring is 1. The standard InChI is InChI=1S/C12H16F3N3O2S/c13-12(14,15)8-17-21(19,20)18(10-5-6-10)7-9-3-1-2-4-11(9)16/h1-4,10,17H,5-8,16H2. The van der Waals surface area contributed by atoms with Crippen LogP contribution in [0.5, 0.6) is 0 Å². The second-order valence-electron chi connectivity index (χ2n) is 4.92. The lowest BCUT2D eigenvalue weighted by molar-refractivity contribution is -0.121. The van der Waals surface area contributed by atoms with Crippen LogP contribution in [0.25, 0.3) is 0 Å². The van der Waals surface area contributed by atoms with Crippen LogP contribution in [0.1, 0.15) is 18.4 Å². The fourth-order valence-electron chi connectivity index (χ4n) is 1.87. The highest BCUT2D eigenvalue weighted by atomic mass is 32.2. The number of anilines is 1. The summed E-state index contributed by atoms with van der Waals surface area (Å²) in [5.74, 6) is 0. The molecule has 9 heteroatoms. The summed E-state index contributed by atoms with van der Waals surface area (Å²) in [5.41, 5.74) is 6.74. The summed E-state index contributed by atoms with van der Waals surface area (Å²) in [7, 11) is -4.20. The van der Waals surface area contributed by atoms with Gasteiger partial charge in [0.2, 0.25) is 0 Å². The second-order valence-corrected chi connectivity index (χ2v) is 6.62. The average Bonchev–Trinajstić information content (AvgIpc) is 3.19. The Hall–Kier alpha value is -1.32. The average molecular weight is 323 g/mol. The Balaban J connectivity index is 2.14. The third kappa shape index (κ3) is 4.58. The van der Waals surface area contributed by atoms with Crippen molar-refractivity contribution in [1.29, 1.82) is 0 Å². The van der Waals surface area contributed by atoms with Gasteiger partial charge in [-0.15, -0.1) is 0 Å². The molecule has 0 aliphatic heterocycles. The van der Waals surface area contributed by atoms with E-state index >= 15 is 0 Å². The van der Waals surface area contributed by atoms with Gasteiger partial charge in [-0.25, -0.2) is 0 Å². The molecule has 21 heavy (non-hydrogen) atoms. The summed E-state index contributed by atoms with van der Waals surface area (Å²) in [6, 6.07) is 6.42. The predicted molar refractivity (Wildman–Crippen MR) is 72.4 cm³/mol. The molecule has 0 unspecified atom stereocenters. The SMILES string of the molecule is Nc1ccccc1CN(C1CC1)S(=O)(=O)NCC(F)(F)F. The fraction of sp³-hybridized carbons (Fsp3) is 0.500. The van der Waals surface area contributed by atoms with Crippen LogP contribution in [0, 0.1) is 0 Å². The Morgan fingerprint density at radius 1 is 1.29 bits per heavy atom. The van der Waals surface area contributed by atoms with Crippen LogP contribution < -0.4 is 10.5 Å². The molecule has 3 N–H and O–H groups in total. The van der Waals surface area contributed by atoms with E-state index in [0.717, 1.165) is 4.31 Å². The Kier molecular flexibility index (Phi) is 4.45. The Morgan fingerprint density at radius 3 is 2.43 bits per heavy atom. The number of benzene rings is 1. The molecule has 1 aliphatic rings. The van der Waals surface area contributed by atoms with Gasteiger partial charge < -0.3 is 5.73 Å². The lowest BCUT2D eigenvalue weighted by Crippen LogP contribution is -2.45. The zero-order valence-electron chi connectivity index (χ0n) is 11.1. The number of hydrogen-bond acceptors (Lipinski definition) is 3. The molecular formula is C12H16F3N3O2S. The van der Waals surface area contributed by atoms with E-state index in [4.69, 9.17) is 5.73 Å². The zero-order chi connectivity index (χ0) is 15.7. The highest BCUT2D eigenvalue weighted by molar-refractivity contribution is 7.87. The molecule has 0 amide bonds. The lowest BCUT2D eigenvalue weighted by Gasteiger charge is -2.23. The van der Waals surface area contributed by atoms with Gasteiger partial charge in [-0.2, -0.15) is 30.6 Å². The monoisotopic (exact) mass is 323 g/mol. The Bertz CT molecular complexity index is 600. The van der Waals surface area contributed by atoms with Gasteiger partial charge in [0.15, 0.2) is 0 Å². The first-order chi connectivity index (χ1) is 9.69. The van der Waals surface area contributed by atoms with Crippen LogP contribution in [-0.4, -0.2) is 31.5 Å². The van der Waals surface area contributed by atoms with Gasteiger partial charge in [-0.05, 0) is 24.5 Å². The lowest BCUT2D eigenvalue weighted by atomic mass is 10.2. The van der Waals surface area contributed by atoms with Crippen LogP contribution in [0.2, 0.25) is 0 Å². The second kappa shape index (κ2) is 5.82. The Labute approximate surface area is 121 Å². The summed E-state index contributed by atoms with van der Waals surface area (Å²) < 4.78 is 63.3. The van der Waals surface area contributed by atoms with E-state index in [1.165, 1.54) is 0 Å². The van der Waals surface area contributed by atoms with Gasteiger partial charge in [-0.3, -0.25) is 0 Å². The van der Waals surface area contributed by atoms with Crippen molar-refractivity contribution in [3.8, 4) is 0 Å². The predicted octanol–water partition coefficient (Wildman–Crippen LogP) is 1.63. The number of rotatable bonds is 6. The molecule has 1 aliphatic carbocycles. The van der Waals surface area contributed by atoms with Crippen molar-refractivity contribution in [3.05, 3.63) is 29.8 Å². The molecule has 0 spiro atoms. The number of nitrogens with two attached hydrogens (primary N) is 1. The van der Waals surface area contributed by atoms with E-state index in [9.17, 15) is 21.6 Å². The highest BCUT2D eigenvalue weighted by Crippen LogP contribution is 2.31. The summed E-state index contributed by atoms with van der Waals surface area (Å²) in [4.78, 5) is 0. The molecule has 5 nitrogen and oxygen atoms in total. The van der Waals surface area contributed by atoms with Crippen molar-refractivity contribution in [3.63, 3.8) is 0 Å². The number of nitrogens with one attached hydrogen (secondary N) is 1. The zero-order valence-corrected chi connectivity index (χ0v) is 11.9. The number of hydrogen-bond donors (Lipinski definition) is 2. The van der Waals surface area contributed by atoms with E-state index < -0.39 is 22.9 Å². The third-order valence-electron chi connectivity index (χ3n) is 3.10. The van der Waals surface area contributed by atoms with Crippen molar-refractivity contribution in [2.75, 3.05) is 12.3 Å². The molecule has 1 aromatic rings. The van der Waals surface area contributed by atoms with E-state index in [0.29, 0.717) is 24.1 Å². The summed E-state index contributed by atoms with van der Waals surface area (Å²) in [5, 5.41) is 0. The minimum atomic E-state index is -4.59. The molecule has 1 aromatic carbocycles. The van der Waals surface area contributed by atoms with Crippen molar-refractivity contribution < 1.29 is 21.6 Å². The number of alkyl halides is 3. The first kappa shape index (κ1) is 16.1. The number of para-hydroxylation sites is 1. The van der Waals surface area contributed by atoms with Crippen LogP contribution in [-0.2, 0) is 16.8 Å². The number of nitrogens with zero attached hydrogens (tertiary/aromatic N) is 1. The summed E-state index contributed by atoms with van der Waals surface area (Å²) in [6.07, 6.45) is -3.31. The van der Waals surface area contributed by atoms with Crippen LogP contribution in [0.4, 0.5) is 18.9 Å². The molecule has 1 fully saturated rings. The van der Waals surface area contributed by atoms with Gasteiger partial charge in [0.1, 0.15) is 6.54 Å². The molecule has 0 heterocycles. The number of halogens is 3. The van der Waals surface area contributed by atoms with E-state index in [-0.39, 0.29) is 12.6 Å². The van der Waals surface area contributed by atoms with Gasteiger partial charge >= 0.3 is 6.18 Å². The topological polar surface area (TPSA) is 75.4 Å². The maximum absolute atomic E-state index is 12.2. The molecule has 0 radical (unpaired) electrons. The first-order valence-corrected chi connectivity index (χ1v) is 7.79. The quantitative estimate of drug-likeness (QED) is 0.781. The van der Waals surface area contributed by atoms with Crippen molar-refractivity contribution >= 4 is 15.9 Å². The highest BCUT2D eigenvalue weighted by Gasteiger charge is 2.39. The summed E-state index contributed by atoms with van der Waals surface area (Å²) in [6.45, 7) is -1.62. The van der Waals surface area contributed by atoms with Crippen LogP contribution in [0.15, 0.2) is 24.3 Å². The van der Waals surface area contributed by atoms with Gasteiger partial charge in [0.25, 0.3) is 10.2 Å². The van der Waals surface area contributed by atoms with Crippen molar-refractivity contribution in [2.45, 2.75) is 31.6 Å². The molecule has 0 atom stereocenters.